The lowest BCUT2D eigenvalue weighted by Gasteiger charge is -2.24. The molecule has 8 nitrogen and oxygen atoms in total. The van der Waals surface area contributed by atoms with E-state index in [1.54, 1.807) is 26.2 Å². The number of methoxy groups -OCH3 is 1. The summed E-state index contributed by atoms with van der Waals surface area (Å²) in [5.74, 6) is 0.569. The van der Waals surface area contributed by atoms with Gasteiger partial charge in [-0.05, 0) is 91.6 Å². The van der Waals surface area contributed by atoms with Gasteiger partial charge in [0, 0.05) is 28.9 Å². The summed E-state index contributed by atoms with van der Waals surface area (Å²) < 4.78 is 19.1. The summed E-state index contributed by atoms with van der Waals surface area (Å²) in [5, 5.41) is 15.2. The third kappa shape index (κ3) is 4.40. The van der Waals surface area contributed by atoms with E-state index in [0.29, 0.717) is 23.8 Å². The molecule has 42 heavy (non-hydrogen) atoms. The molecule has 3 heterocycles. The Balaban J connectivity index is 1.53. The number of hydrogen-bond acceptors (Lipinski definition) is 6. The molecule has 3 aliphatic rings. The number of allylic oxidation sites excluding steroid dienone is 1. The normalized spacial score (nSPS) is 16.9. The van der Waals surface area contributed by atoms with Gasteiger partial charge in [0.1, 0.15) is 11.5 Å². The molecule has 0 radical (unpaired) electrons. The Bertz CT molecular complexity index is 1750. The van der Waals surface area contributed by atoms with Gasteiger partial charge in [0.15, 0.2) is 5.69 Å². The number of carboxylic acid groups (broad SMARTS) is 1. The maximum absolute atomic E-state index is 13.1. The summed E-state index contributed by atoms with van der Waals surface area (Å²) in [7, 11) is 1.66. The smallest absolute Gasteiger partial charge is 0.361 e. The fourth-order valence-electron chi connectivity index (χ4n) is 6.90. The van der Waals surface area contributed by atoms with Gasteiger partial charge in [-0.15, -0.1) is 0 Å². The van der Waals surface area contributed by atoms with E-state index < -0.39 is 11.9 Å². The third-order valence-corrected chi connectivity index (χ3v) is 8.99. The van der Waals surface area contributed by atoms with Crippen LogP contribution in [0.1, 0.15) is 107 Å². The van der Waals surface area contributed by atoms with Crippen LogP contribution >= 0.6 is 0 Å². The second-order valence-electron chi connectivity index (χ2n) is 11.6. The number of hydrogen-bond donors (Lipinski definition) is 1. The predicted octanol–water partition coefficient (Wildman–Crippen LogP) is 7.66. The fourth-order valence-corrected chi connectivity index (χ4v) is 6.90. The van der Waals surface area contributed by atoms with E-state index in [1.165, 1.54) is 24.8 Å². The number of aromatic nitrogens is 2. The Kier molecular flexibility index (Phi) is 6.64. The highest BCUT2D eigenvalue weighted by atomic mass is 16.5. The minimum atomic E-state index is -0.958. The summed E-state index contributed by atoms with van der Waals surface area (Å²) in [6.07, 6.45) is 9.87. The van der Waals surface area contributed by atoms with Gasteiger partial charge < -0.3 is 23.7 Å². The molecule has 2 saturated carbocycles. The molecule has 2 aromatic heterocycles. The number of benzene rings is 2. The minimum absolute atomic E-state index is 0.188. The highest BCUT2D eigenvalue weighted by Crippen LogP contribution is 2.50. The largest absolute Gasteiger partial charge is 0.497 e. The number of rotatable bonds is 7. The highest BCUT2D eigenvalue weighted by molar-refractivity contribution is 6.03. The number of carbonyl (C=O) groups is 2. The predicted molar refractivity (Wildman–Crippen MR) is 159 cm³/mol. The second kappa shape index (κ2) is 10.5. The number of aromatic carboxylic acids is 1. The van der Waals surface area contributed by atoms with Crippen LogP contribution < -0.4 is 4.74 Å². The SMILES string of the molecule is CCOC(=O)c1noc(C2CC2)c1C1=Cc2cc(OC)ccc2-c2c(C3CCCCC3)c3ccc(C(=O)O)cc3n2C1. The minimum Gasteiger partial charge on any atom is -0.497 e. The average molecular weight is 567 g/mol. The Labute approximate surface area is 243 Å². The molecule has 8 heteroatoms. The molecule has 0 bridgehead atoms. The standard InChI is InChI=1S/C34H34N2O6/c1-3-41-34(39)30-29(32(42-35-30)20-9-10-20)23-15-22-16-24(40-2)12-14-25(22)31-28(19-7-5-4-6-8-19)26-13-11-21(33(37)38)17-27(26)36(31)18-23/h11-17,19-20H,3-10,18H2,1-2H3,(H,37,38). The van der Waals surface area contributed by atoms with E-state index in [0.717, 1.165) is 64.7 Å². The van der Waals surface area contributed by atoms with Crippen molar-refractivity contribution in [2.24, 2.45) is 0 Å². The van der Waals surface area contributed by atoms with Gasteiger partial charge in [-0.2, -0.15) is 0 Å². The molecule has 1 aliphatic heterocycles. The van der Waals surface area contributed by atoms with Gasteiger partial charge in [-0.1, -0.05) is 30.5 Å². The van der Waals surface area contributed by atoms with Crippen LogP contribution in [0, 0.1) is 0 Å². The Morgan fingerprint density at radius 2 is 1.86 bits per heavy atom. The van der Waals surface area contributed by atoms with Crippen LogP contribution in [0.4, 0.5) is 0 Å². The second-order valence-corrected chi connectivity index (χ2v) is 11.6. The lowest BCUT2D eigenvalue weighted by molar-refractivity contribution is 0.0513. The molecule has 7 rings (SSSR count). The van der Waals surface area contributed by atoms with Crippen molar-refractivity contribution in [1.29, 1.82) is 0 Å². The van der Waals surface area contributed by atoms with Gasteiger partial charge in [-0.25, -0.2) is 9.59 Å². The maximum atomic E-state index is 13.1. The number of esters is 1. The number of carbonyl (C=O) groups excluding carboxylic acids is 1. The van der Waals surface area contributed by atoms with Gasteiger partial charge in [0.2, 0.25) is 0 Å². The Morgan fingerprint density at radius 3 is 2.57 bits per heavy atom. The molecular weight excluding hydrogens is 532 g/mol. The zero-order chi connectivity index (χ0) is 29.0. The maximum Gasteiger partial charge on any atom is 0.361 e. The van der Waals surface area contributed by atoms with Gasteiger partial charge in [0.25, 0.3) is 0 Å². The molecule has 4 aromatic rings. The van der Waals surface area contributed by atoms with Gasteiger partial charge in [0.05, 0.1) is 30.5 Å². The first-order valence-corrected chi connectivity index (χ1v) is 14.9. The quantitative estimate of drug-likeness (QED) is 0.229. The topological polar surface area (TPSA) is 104 Å². The first kappa shape index (κ1) is 26.6. The van der Waals surface area contributed by atoms with Crippen LogP contribution in [-0.4, -0.2) is 40.5 Å². The van der Waals surface area contributed by atoms with Crippen molar-refractivity contribution in [3.8, 4) is 17.0 Å². The molecule has 0 saturated heterocycles. The molecule has 2 aromatic carbocycles. The van der Waals surface area contributed by atoms with Crippen LogP contribution in [-0.2, 0) is 11.3 Å². The molecule has 0 spiro atoms. The van der Waals surface area contributed by atoms with Crippen molar-refractivity contribution >= 4 is 34.5 Å². The van der Waals surface area contributed by atoms with Crippen LogP contribution in [0.5, 0.6) is 5.75 Å². The van der Waals surface area contributed by atoms with Crippen molar-refractivity contribution in [3.63, 3.8) is 0 Å². The van der Waals surface area contributed by atoms with Crippen molar-refractivity contribution in [2.45, 2.75) is 70.3 Å². The lowest BCUT2D eigenvalue weighted by atomic mass is 9.81. The summed E-state index contributed by atoms with van der Waals surface area (Å²) in [4.78, 5) is 25.2. The summed E-state index contributed by atoms with van der Waals surface area (Å²) >= 11 is 0. The van der Waals surface area contributed by atoms with E-state index in [1.807, 2.05) is 18.2 Å². The van der Waals surface area contributed by atoms with E-state index in [9.17, 15) is 14.7 Å². The van der Waals surface area contributed by atoms with E-state index >= 15 is 0 Å². The summed E-state index contributed by atoms with van der Waals surface area (Å²) in [6, 6.07) is 11.6. The molecule has 2 fully saturated rings. The van der Waals surface area contributed by atoms with E-state index in [-0.39, 0.29) is 23.8 Å². The van der Waals surface area contributed by atoms with Crippen molar-refractivity contribution < 1.29 is 28.7 Å². The van der Waals surface area contributed by atoms with E-state index in [4.69, 9.17) is 14.0 Å². The number of fused-ring (bicyclic) bond motifs is 5. The number of ether oxygens (including phenoxy) is 2. The molecule has 216 valence electrons. The van der Waals surface area contributed by atoms with Crippen molar-refractivity contribution in [3.05, 3.63) is 70.1 Å². The first-order chi connectivity index (χ1) is 20.5. The van der Waals surface area contributed by atoms with Crippen LogP contribution in [0.3, 0.4) is 0 Å². The van der Waals surface area contributed by atoms with Crippen molar-refractivity contribution in [2.75, 3.05) is 13.7 Å². The molecular formula is C34H34N2O6. The average Bonchev–Trinajstić information content (AvgIpc) is 3.71. The Hall–Kier alpha value is -4.33. The van der Waals surface area contributed by atoms with Crippen LogP contribution in [0.15, 0.2) is 40.9 Å². The molecule has 0 atom stereocenters. The molecule has 2 aliphatic carbocycles. The van der Waals surface area contributed by atoms with Gasteiger partial charge in [-0.3, -0.25) is 0 Å². The monoisotopic (exact) mass is 566 g/mol. The van der Waals surface area contributed by atoms with Crippen LogP contribution in [0.25, 0.3) is 33.8 Å². The molecule has 1 N–H and O–H groups in total. The molecule has 0 unspecified atom stereocenters. The van der Waals surface area contributed by atoms with Gasteiger partial charge >= 0.3 is 11.9 Å². The summed E-state index contributed by atoms with van der Waals surface area (Å²) in [6.45, 7) is 2.43. The third-order valence-electron chi connectivity index (χ3n) is 8.99. The zero-order valence-corrected chi connectivity index (χ0v) is 23.9. The lowest BCUT2D eigenvalue weighted by Crippen LogP contribution is -2.10. The van der Waals surface area contributed by atoms with Crippen LogP contribution in [0.2, 0.25) is 0 Å². The summed E-state index contributed by atoms with van der Waals surface area (Å²) in [5.41, 5.74) is 7.29. The molecule has 0 amide bonds. The van der Waals surface area contributed by atoms with E-state index in [2.05, 4.69) is 21.9 Å². The zero-order valence-electron chi connectivity index (χ0n) is 23.9. The number of nitrogens with zero attached hydrogens (tertiary/aromatic N) is 2. The Morgan fingerprint density at radius 1 is 1.05 bits per heavy atom. The number of carboxylic acids is 1. The highest BCUT2D eigenvalue weighted by Gasteiger charge is 2.37. The fraction of sp³-hybridized carbons (Fsp3) is 0.382. The van der Waals surface area contributed by atoms with Crippen molar-refractivity contribution in [1.82, 2.24) is 9.72 Å². The first-order valence-electron chi connectivity index (χ1n) is 14.9.